The monoisotopic (exact) mass is 182 g/mol. The standard InChI is InChI=1S/C9H14N2O2/c1-9(10,6-13)8-4-2-3-7(5-12)11-8/h2-4,12-13H,5-6,10H2,1H3/t9-/m0/s1. The summed E-state index contributed by atoms with van der Waals surface area (Å²) in [6.07, 6.45) is 0. The van der Waals surface area contributed by atoms with Crippen LogP contribution in [0, 0.1) is 0 Å². The third kappa shape index (κ3) is 2.24. The molecule has 0 saturated carbocycles. The van der Waals surface area contributed by atoms with Crippen LogP contribution in [0.5, 0.6) is 0 Å². The molecule has 4 N–H and O–H groups in total. The van der Waals surface area contributed by atoms with E-state index in [2.05, 4.69) is 4.98 Å². The topological polar surface area (TPSA) is 79.4 Å². The number of nitrogens with two attached hydrogens (primary N) is 1. The minimum Gasteiger partial charge on any atom is -0.394 e. The van der Waals surface area contributed by atoms with E-state index >= 15 is 0 Å². The van der Waals surface area contributed by atoms with Crippen molar-refractivity contribution >= 4 is 0 Å². The number of hydrogen-bond donors (Lipinski definition) is 3. The summed E-state index contributed by atoms with van der Waals surface area (Å²) < 4.78 is 0. The number of aliphatic hydroxyl groups excluding tert-OH is 2. The Morgan fingerprint density at radius 3 is 2.69 bits per heavy atom. The van der Waals surface area contributed by atoms with E-state index in [1.807, 2.05) is 0 Å². The van der Waals surface area contributed by atoms with Crippen LogP contribution in [-0.4, -0.2) is 21.8 Å². The highest BCUT2D eigenvalue weighted by Gasteiger charge is 2.21. The molecule has 0 unspecified atom stereocenters. The van der Waals surface area contributed by atoms with Gasteiger partial charge in [-0.3, -0.25) is 4.98 Å². The van der Waals surface area contributed by atoms with Crippen LogP contribution < -0.4 is 5.73 Å². The second-order valence-corrected chi connectivity index (χ2v) is 3.25. The second kappa shape index (κ2) is 3.83. The first-order valence-electron chi connectivity index (χ1n) is 4.07. The fraction of sp³-hybridized carbons (Fsp3) is 0.444. The van der Waals surface area contributed by atoms with Gasteiger partial charge in [-0.2, -0.15) is 0 Å². The van der Waals surface area contributed by atoms with Crippen molar-refractivity contribution in [3.05, 3.63) is 29.6 Å². The van der Waals surface area contributed by atoms with Crippen LogP contribution in [0.1, 0.15) is 18.3 Å². The first kappa shape index (κ1) is 10.1. The van der Waals surface area contributed by atoms with Crippen molar-refractivity contribution in [2.24, 2.45) is 5.73 Å². The maximum absolute atomic E-state index is 8.98. The normalized spacial score (nSPS) is 15.4. The molecule has 13 heavy (non-hydrogen) atoms. The molecule has 0 radical (unpaired) electrons. The Kier molecular flexibility index (Phi) is 2.98. The van der Waals surface area contributed by atoms with Gasteiger partial charge in [0.1, 0.15) is 0 Å². The average molecular weight is 182 g/mol. The van der Waals surface area contributed by atoms with E-state index in [0.29, 0.717) is 11.4 Å². The molecule has 0 aliphatic heterocycles. The fourth-order valence-corrected chi connectivity index (χ4v) is 0.967. The predicted molar refractivity (Wildman–Crippen MR) is 48.8 cm³/mol. The molecule has 4 nitrogen and oxygen atoms in total. The summed E-state index contributed by atoms with van der Waals surface area (Å²) in [7, 11) is 0. The lowest BCUT2D eigenvalue weighted by Gasteiger charge is -2.21. The highest BCUT2D eigenvalue weighted by Crippen LogP contribution is 2.14. The maximum Gasteiger partial charge on any atom is 0.0853 e. The zero-order valence-electron chi connectivity index (χ0n) is 7.57. The Hall–Kier alpha value is -0.970. The maximum atomic E-state index is 8.98. The molecular weight excluding hydrogens is 168 g/mol. The predicted octanol–water partition coefficient (Wildman–Crippen LogP) is -0.260. The van der Waals surface area contributed by atoms with Gasteiger partial charge in [0.25, 0.3) is 0 Å². The van der Waals surface area contributed by atoms with E-state index in [4.69, 9.17) is 15.9 Å². The van der Waals surface area contributed by atoms with Crippen molar-refractivity contribution in [1.29, 1.82) is 0 Å². The summed E-state index contributed by atoms with van der Waals surface area (Å²) in [5.41, 5.74) is 6.07. The molecule has 0 aliphatic carbocycles. The van der Waals surface area contributed by atoms with Crippen LogP contribution in [0.25, 0.3) is 0 Å². The van der Waals surface area contributed by atoms with E-state index in [-0.39, 0.29) is 13.2 Å². The number of rotatable bonds is 3. The van der Waals surface area contributed by atoms with Gasteiger partial charge < -0.3 is 15.9 Å². The Morgan fingerprint density at radius 1 is 1.46 bits per heavy atom. The van der Waals surface area contributed by atoms with E-state index < -0.39 is 5.54 Å². The van der Waals surface area contributed by atoms with Crippen molar-refractivity contribution in [1.82, 2.24) is 4.98 Å². The molecule has 0 bridgehead atoms. The average Bonchev–Trinajstić information content (AvgIpc) is 2.18. The number of hydrogen-bond acceptors (Lipinski definition) is 4. The summed E-state index contributed by atoms with van der Waals surface area (Å²) in [6, 6.07) is 5.20. The van der Waals surface area contributed by atoms with E-state index in [1.54, 1.807) is 25.1 Å². The summed E-state index contributed by atoms with van der Waals surface area (Å²) >= 11 is 0. The number of aromatic nitrogens is 1. The molecule has 4 heteroatoms. The van der Waals surface area contributed by atoms with Gasteiger partial charge in [0.2, 0.25) is 0 Å². The van der Waals surface area contributed by atoms with Crippen molar-refractivity contribution < 1.29 is 10.2 Å². The first-order chi connectivity index (χ1) is 6.10. The molecule has 1 aromatic heterocycles. The Bertz CT molecular complexity index is 287. The van der Waals surface area contributed by atoms with Crippen molar-refractivity contribution in [2.75, 3.05) is 6.61 Å². The fourth-order valence-electron chi connectivity index (χ4n) is 0.967. The van der Waals surface area contributed by atoms with Gasteiger partial charge in [-0.15, -0.1) is 0 Å². The Morgan fingerprint density at radius 2 is 2.15 bits per heavy atom. The van der Waals surface area contributed by atoms with Crippen LogP contribution in [-0.2, 0) is 12.1 Å². The quantitative estimate of drug-likeness (QED) is 0.601. The minimum absolute atomic E-state index is 0.116. The lowest BCUT2D eigenvalue weighted by Crippen LogP contribution is -2.38. The molecule has 0 fully saturated rings. The number of aliphatic hydroxyl groups is 2. The number of nitrogens with zero attached hydrogens (tertiary/aromatic N) is 1. The molecule has 1 atom stereocenters. The number of pyridine rings is 1. The highest BCUT2D eigenvalue weighted by atomic mass is 16.3. The molecule has 0 amide bonds. The van der Waals surface area contributed by atoms with Crippen LogP contribution in [0.4, 0.5) is 0 Å². The van der Waals surface area contributed by atoms with E-state index in [9.17, 15) is 0 Å². The third-order valence-corrected chi connectivity index (χ3v) is 1.88. The van der Waals surface area contributed by atoms with Gasteiger partial charge in [0.05, 0.1) is 30.1 Å². The first-order valence-corrected chi connectivity index (χ1v) is 4.07. The largest absolute Gasteiger partial charge is 0.394 e. The van der Waals surface area contributed by atoms with Crippen molar-refractivity contribution in [3.8, 4) is 0 Å². The zero-order chi connectivity index (χ0) is 9.90. The Labute approximate surface area is 77.0 Å². The molecule has 0 aromatic carbocycles. The molecule has 72 valence electrons. The van der Waals surface area contributed by atoms with Crippen LogP contribution in [0.2, 0.25) is 0 Å². The molecule has 1 aromatic rings. The SMILES string of the molecule is C[C@](N)(CO)c1cccc(CO)n1. The van der Waals surface area contributed by atoms with Gasteiger partial charge in [0, 0.05) is 0 Å². The minimum atomic E-state index is -0.842. The zero-order valence-corrected chi connectivity index (χ0v) is 7.57. The van der Waals surface area contributed by atoms with Crippen LogP contribution >= 0.6 is 0 Å². The van der Waals surface area contributed by atoms with Gasteiger partial charge in [-0.25, -0.2) is 0 Å². The van der Waals surface area contributed by atoms with Crippen molar-refractivity contribution in [2.45, 2.75) is 19.1 Å². The van der Waals surface area contributed by atoms with Gasteiger partial charge >= 0.3 is 0 Å². The molecular formula is C9H14N2O2. The smallest absolute Gasteiger partial charge is 0.0853 e. The Balaban J connectivity index is 3.01. The second-order valence-electron chi connectivity index (χ2n) is 3.25. The summed E-state index contributed by atoms with van der Waals surface area (Å²) in [6.45, 7) is 1.40. The van der Waals surface area contributed by atoms with Gasteiger partial charge in [-0.05, 0) is 19.1 Å². The molecule has 0 spiro atoms. The molecule has 0 saturated heterocycles. The van der Waals surface area contributed by atoms with Gasteiger partial charge in [-0.1, -0.05) is 6.07 Å². The lowest BCUT2D eigenvalue weighted by molar-refractivity contribution is 0.205. The molecule has 0 aliphatic rings. The van der Waals surface area contributed by atoms with Crippen molar-refractivity contribution in [3.63, 3.8) is 0 Å². The summed E-state index contributed by atoms with van der Waals surface area (Å²) in [5, 5.41) is 17.8. The van der Waals surface area contributed by atoms with Crippen LogP contribution in [0.3, 0.4) is 0 Å². The highest BCUT2D eigenvalue weighted by molar-refractivity contribution is 5.17. The van der Waals surface area contributed by atoms with Crippen LogP contribution in [0.15, 0.2) is 18.2 Å². The van der Waals surface area contributed by atoms with E-state index in [0.717, 1.165) is 0 Å². The van der Waals surface area contributed by atoms with E-state index in [1.165, 1.54) is 0 Å². The van der Waals surface area contributed by atoms with Gasteiger partial charge in [0.15, 0.2) is 0 Å². The lowest BCUT2D eigenvalue weighted by atomic mass is 10.00. The summed E-state index contributed by atoms with van der Waals surface area (Å²) in [4.78, 5) is 4.10. The summed E-state index contributed by atoms with van der Waals surface area (Å²) in [5.74, 6) is 0. The molecule has 1 rings (SSSR count). The molecule has 1 heterocycles. The third-order valence-electron chi connectivity index (χ3n) is 1.88.